The lowest BCUT2D eigenvalue weighted by Crippen LogP contribution is -2.56. The number of likely N-dealkylation sites (tertiary alicyclic amines) is 1. The van der Waals surface area contributed by atoms with Crippen LogP contribution in [-0.2, 0) is 9.53 Å². The Kier molecular flexibility index (Phi) is 4.35. The molecule has 0 bridgehead atoms. The fraction of sp³-hybridized carbons (Fsp3) is 0.533. The number of hydrogen-bond donors (Lipinski definition) is 1. The van der Waals surface area contributed by atoms with Crippen LogP contribution in [0.1, 0.15) is 18.4 Å². The van der Waals surface area contributed by atoms with Crippen molar-refractivity contribution < 1.29 is 22.7 Å². The Bertz CT molecular complexity index is 556. The zero-order chi connectivity index (χ0) is 15.7. The van der Waals surface area contributed by atoms with Gasteiger partial charge in [-0.15, -0.1) is 0 Å². The minimum Gasteiger partial charge on any atom is -0.380 e. The second-order valence-corrected chi connectivity index (χ2v) is 5.70. The van der Waals surface area contributed by atoms with Crippen LogP contribution >= 0.6 is 0 Å². The lowest BCUT2D eigenvalue weighted by atomic mass is 9.96. The Labute approximate surface area is 126 Å². The maximum atomic E-state index is 13.6. The van der Waals surface area contributed by atoms with Gasteiger partial charge < -0.3 is 10.1 Å². The van der Waals surface area contributed by atoms with E-state index >= 15 is 0 Å². The highest BCUT2D eigenvalue weighted by Gasteiger charge is 2.38. The lowest BCUT2D eigenvalue weighted by Gasteiger charge is -2.41. The van der Waals surface area contributed by atoms with Crippen molar-refractivity contribution >= 4 is 11.6 Å². The van der Waals surface area contributed by atoms with Crippen LogP contribution in [0.2, 0.25) is 0 Å². The molecule has 120 valence electrons. The van der Waals surface area contributed by atoms with Crippen molar-refractivity contribution in [2.75, 3.05) is 31.6 Å². The summed E-state index contributed by atoms with van der Waals surface area (Å²) in [6.07, 6.45) is -1.74. The highest BCUT2D eigenvalue weighted by molar-refractivity contribution is 5.93. The highest BCUT2D eigenvalue weighted by atomic mass is 19.3. The number of carbonyl (C=O) groups is 1. The van der Waals surface area contributed by atoms with Crippen molar-refractivity contribution in [1.82, 2.24) is 4.90 Å². The molecule has 0 radical (unpaired) electrons. The maximum absolute atomic E-state index is 13.6. The average Bonchev–Trinajstić information content (AvgIpc) is 2.93. The lowest BCUT2D eigenvalue weighted by molar-refractivity contribution is -0.126. The van der Waals surface area contributed by atoms with Gasteiger partial charge in [0.05, 0.1) is 18.2 Å². The van der Waals surface area contributed by atoms with Crippen LogP contribution in [0.15, 0.2) is 18.2 Å². The van der Waals surface area contributed by atoms with Gasteiger partial charge in [0.1, 0.15) is 5.82 Å². The van der Waals surface area contributed by atoms with E-state index in [4.69, 9.17) is 4.74 Å². The standard InChI is InChI=1S/C15H17F3N2O2/c16-12-2-1-9(14(17)18)5-13(12)19-15(21)10-6-20(7-10)11-3-4-22-8-11/h1-2,5,10-11,14H,3-4,6-8H2,(H,19,21). The molecular formula is C15H17F3N2O2. The molecule has 4 nitrogen and oxygen atoms in total. The molecule has 2 aliphatic heterocycles. The zero-order valence-corrected chi connectivity index (χ0v) is 11.9. The second kappa shape index (κ2) is 6.26. The Morgan fingerprint density at radius 2 is 2.14 bits per heavy atom. The molecule has 1 aromatic rings. The molecule has 22 heavy (non-hydrogen) atoms. The van der Waals surface area contributed by atoms with Gasteiger partial charge in [-0.1, -0.05) is 6.07 Å². The summed E-state index contributed by atoms with van der Waals surface area (Å²) in [6, 6.07) is 3.29. The van der Waals surface area contributed by atoms with Gasteiger partial charge in [-0.25, -0.2) is 13.2 Å². The number of carbonyl (C=O) groups excluding carboxylic acids is 1. The molecule has 7 heteroatoms. The number of nitrogens with one attached hydrogen (secondary N) is 1. The number of rotatable bonds is 4. The van der Waals surface area contributed by atoms with Gasteiger partial charge in [-0.2, -0.15) is 0 Å². The molecule has 2 aliphatic rings. The van der Waals surface area contributed by atoms with Gasteiger partial charge in [0, 0.05) is 31.3 Å². The molecular weight excluding hydrogens is 297 g/mol. The number of benzene rings is 1. The van der Waals surface area contributed by atoms with Crippen molar-refractivity contribution in [3.63, 3.8) is 0 Å². The van der Waals surface area contributed by atoms with Gasteiger partial charge in [0.15, 0.2) is 0 Å². The van der Waals surface area contributed by atoms with Crippen LogP contribution in [0.4, 0.5) is 18.9 Å². The molecule has 1 N–H and O–H groups in total. The largest absolute Gasteiger partial charge is 0.380 e. The van der Waals surface area contributed by atoms with E-state index in [1.807, 2.05) is 0 Å². The number of anilines is 1. The smallest absolute Gasteiger partial charge is 0.263 e. The molecule has 1 unspecified atom stereocenters. The third-order valence-electron chi connectivity index (χ3n) is 4.20. The first-order chi connectivity index (χ1) is 10.5. The number of halogens is 3. The summed E-state index contributed by atoms with van der Waals surface area (Å²) in [5.74, 6) is -1.28. The van der Waals surface area contributed by atoms with Crippen LogP contribution in [0.3, 0.4) is 0 Å². The van der Waals surface area contributed by atoms with Crippen molar-refractivity contribution in [2.24, 2.45) is 5.92 Å². The molecule has 1 atom stereocenters. The van der Waals surface area contributed by atoms with Crippen LogP contribution in [-0.4, -0.2) is 43.2 Å². The van der Waals surface area contributed by atoms with E-state index in [1.54, 1.807) is 0 Å². The fourth-order valence-corrected chi connectivity index (χ4v) is 2.80. The topological polar surface area (TPSA) is 41.6 Å². The van der Waals surface area contributed by atoms with Crippen molar-refractivity contribution in [2.45, 2.75) is 18.9 Å². The maximum Gasteiger partial charge on any atom is 0.263 e. The summed E-state index contributed by atoms with van der Waals surface area (Å²) in [4.78, 5) is 14.2. The minimum absolute atomic E-state index is 0.189. The molecule has 0 aliphatic carbocycles. The van der Waals surface area contributed by atoms with E-state index in [0.717, 1.165) is 31.2 Å². The monoisotopic (exact) mass is 314 g/mol. The predicted molar refractivity (Wildman–Crippen MR) is 74.3 cm³/mol. The minimum atomic E-state index is -2.70. The normalized spacial score (nSPS) is 22.8. The third kappa shape index (κ3) is 3.10. The first kappa shape index (κ1) is 15.3. The molecule has 1 amide bonds. The number of ether oxygens (including phenoxy) is 1. The molecule has 2 heterocycles. The summed E-state index contributed by atoms with van der Waals surface area (Å²) in [7, 11) is 0. The molecule has 1 aromatic carbocycles. The number of nitrogens with zero attached hydrogens (tertiary/aromatic N) is 1. The van der Waals surface area contributed by atoms with Gasteiger partial charge in [-0.3, -0.25) is 9.69 Å². The molecule has 0 aromatic heterocycles. The molecule has 3 rings (SSSR count). The number of amides is 1. The summed E-state index contributed by atoms with van der Waals surface area (Å²) in [6.45, 7) is 2.61. The summed E-state index contributed by atoms with van der Waals surface area (Å²) < 4.78 is 44.2. The van der Waals surface area contributed by atoms with E-state index in [2.05, 4.69) is 10.2 Å². The summed E-state index contributed by atoms with van der Waals surface area (Å²) in [5, 5.41) is 2.41. The number of alkyl halides is 2. The second-order valence-electron chi connectivity index (χ2n) is 5.70. The van der Waals surface area contributed by atoms with Gasteiger partial charge in [0.25, 0.3) is 6.43 Å². The Morgan fingerprint density at radius 1 is 1.36 bits per heavy atom. The summed E-state index contributed by atoms with van der Waals surface area (Å²) in [5.41, 5.74) is -0.500. The Morgan fingerprint density at radius 3 is 2.77 bits per heavy atom. The van der Waals surface area contributed by atoms with Gasteiger partial charge in [0.2, 0.25) is 5.91 Å². The van der Waals surface area contributed by atoms with Crippen LogP contribution in [0, 0.1) is 11.7 Å². The SMILES string of the molecule is O=C(Nc1cc(C(F)F)ccc1F)C1CN(C2CCOC2)C1. The van der Waals surface area contributed by atoms with Gasteiger partial charge >= 0.3 is 0 Å². The van der Waals surface area contributed by atoms with E-state index in [0.29, 0.717) is 25.7 Å². The average molecular weight is 314 g/mol. The highest BCUT2D eigenvalue weighted by Crippen LogP contribution is 2.27. The predicted octanol–water partition coefficient (Wildman–Crippen LogP) is 2.42. The third-order valence-corrected chi connectivity index (χ3v) is 4.20. The van der Waals surface area contributed by atoms with E-state index < -0.39 is 12.2 Å². The van der Waals surface area contributed by atoms with Crippen molar-refractivity contribution in [1.29, 1.82) is 0 Å². The van der Waals surface area contributed by atoms with Crippen LogP contribution in [0.25, 0.3) is 0 Å². The molecule has 0 saturated carbocycles. The first-order valence-corrected chi connectivity index (χ1v) is 7.25. The fourth-order valence-electron chi connectivity index (χ4n) is 2.80. The van der Waals surface area contributed by atoms with E-state index in [1.165, 1.54) is 0 Å². The van der Waals surface area contributed by atoms with E-state index in [9.17, 15) is 18.0 Å². The Hall–Kier alpha value is -1.60. The van der Waals surface area contributed by atoms with Crippen LogP contribution in [0.5, 0.6) is 0 Å². The van der Waals surface area contributed by atoms with Gasteiger partial charge in [-0.05, 0) is 18.6 Å². The van der Waals surface area contributed by atoms with E-state index in [-0.39, 0.29) is 23.1 Å². The molecule has 0 spiro atoms. The van der Waals surface area contributed by atoms with Crippen molar-refractivity contribution in [3.8, 4) is 0 Å². The summed E-state index contributed by atoms with van der Waals surface area (Å²) >= 11 is 0. The van der Waals surface area contributed by atoms with Crippen LogP contribution < -0.4 is 5.32 Å². The molecule has 2 saturated heterocycles. The first-order valence-electron chi connectivity index (χ1n) is 7.25. The quantitative estimate of drug-likeness (QED) is 0.928. The number of hydrogen-bond acceptors (Lipinski definition) is 3. The van der Waals surface area contributed by atoms with Crippen molar-refractivity contribution in [3.05, 3.63) is 29.6 Å². The molecule has 2 fully saturated rings. The Balaban J connectivity index is 1.57. The zero-order valence-electron chi connectivity index (χ0n) is 11.9.